The van der Waals surface area contributed by atoms with Gasteiger partial charge in [0, 0.05) is 10.2 Å². The van der Waals surface area contributed by atoms with E-state index in [1.54, 1.807) is 18.2 Å². The molecule has 3 N–H and O–H groups in total. The number of aldehydes is 1. The van der Waals surface area contributed by atoms with Crippen LogP contribution in [0, 0.1) is 0 Å². The number of sulfonamides is 1. The van der Waals surface area contributed by atoms with Crippen LogP contribution < -0.4 is 15.2 Å². The van der Waals surface area contributed by atoms with Crippen molar-refractivity contribution in [1.29, 1.82) is 0 Å². The monoisotopic (exact) mass is 412 g/mol. The molecule has 0 atom stereocenters. The predicted octanol–water partition coefficient (Wildman–Crippen LogP) is 1.93. The predicted molar refractivity (Wildman–Crippen MR) is 91.5 cm³/mol. The van der Waals surface area contributed by atoms with Gasteiger partial charge in [-0.05, 0) is 42.5 Å². The summed E-state index contributed by atoms with van der Waals surface area (Å²) in [7, 11) is -3.78. The van der Waals surface area contributed by atoms with Crippen LogP contribution in [0.5, 0.6) is 5.75 Å². The van der Waals surface area contributed by atoms with Gasteiger partial charge in [0.1, 0.15) is 5.75 Å². The molecule has 0 radical (unpaired) electrons. The third kappa shape index (κ3) is 4.88. The Bertz CT molecular complexity index is 866. The normalized spacial score (nSPS) is 10.9. The maximum Gasteiger partial charge on any atom is 0.262 e. The molecular weight excluding hydrogens is 400 g/mol. The summed E-state index contributed by atoms with van der Waals surface area (Å²) < 4.78 is 28.3. The first kappa shape index (κ1) is 18.1. The third-order valence-corrected chi connectivity index (χ3v) is 4.35. The summed E-state index contributed by atoms with van der Waals surface area (Å²) in [4.78, 5) is 22.8. The summed E-state index contributed by atoms with van der Waals surface area (Å²) in [5.41, 5.74) is 0.706. The molecule has 0 aliphatic heterocycles. The molecule has 0 heterocycles. The molecule has 0 saturated heterocycles. The van der Waals surface area contributed by atoms with Crippen LogP contribution in [-0.4, -0.2) is 27.2 Å². The Hall–Kier alpha value is -2.23. The van der Waals surface area contributed by atoms with Crippen LogP contribution in [0.25, 0.3) is 0 Å². The highest BCUT2D eigenvalue weighted by Crippen LogP contribution is 2.21. The van der Waals surface area contributed by atoms with Gasteiger partial charge in [0.25, 0.3) is 5.91 Å². The van der Waals surface area contributed by atoms with Crippen LogP contribution in [0.1, 0.15) is 10.4 Å². The molecule has 0 unspecified atom stereocenters. The maximum atomic E-state index is 11.9. The topological polar surface area (TPSA) is 116 Å². The van der Waals surface area contributed by atoms with E-state index in [0.717, 1.165) is 4.47 Å². The first-order valence-electron chi connectivity index (χ1n) is 6.60. The number of carbonyl (C=O) groups is 2. The fraction of sp³-hybridized carbons (Fsp3) is 0.0667. The van der Waals surface area contributed by atoms with Crippen LogP contribution in [-0.2, 0) is 14.8 Å². The summed E-state index contributed by atoms with van der Waals surface area (Å²) >= 11 is 3.24. The molecule has 2 rings (SSSR count). The van der Waals surface area contributed by atoms with E-state index in [9.17, 15) is 18.0 Å². The minimum absolute atomic E-state index is 0.0535. The van der Waals surface area contributed by atoms with E-state index in [0.29, 0.717) is 17.5 Å². The van der Waals surface area contributed by atoms with Gasteiger partial charge in [-0.2, -0.15) is 0 Å². The smallest absolute Gasteiger partial charge is 0.262 e. The van der Waals surface area contributed by atoms with Crippen LogP contribution >= 0.6 is 15.9 Å². The quantitative estimate of drug-likeness (QED) is 0.703. The molecule has 24 heavy (non-hydrogen) atoms. The van der Waals surface area contributed by atoms with E-state index in [1.807, 2.05) is 0 Å². The van der Waals surface area contributed by atoms with Gasteiger partial charge in [0.15, 0.2) is 12.9 Å². The largest absolute Gasteiger partial charge is 0.483 e. The SMILES string of the molecule is NS(=O)(=O)c1ccc(NC(=O)COc2ccc(Br)cc2C=O)cc1. The number of halogens is 1. The molecule has 126 valence electrons. The number of rotatable bonds is 6. The number of benzene rings is 2. The Labute approximate surface area is 147 Å². The lowest BCUT2D eigenvalue weighted by atomic mass is 10.2. The van der Waals surface area contributed by atoms with E-state index in [4.69, 9.17) is 9.88 Å². The highest BCUT2D eigenvalue weighted by Gasteiger charge is 2.10. The maximum absolute atomic E-state index is 11.9. The lowest BCUT2D eigenvalue weighted by Crippen LogP contribution is -2.20. The van der Waals surface area contributed by atoms with Gasteiger partial charge in [-0.15, -0.1) is 0 Å². The van der Waals surface area contributed by atoms with Crippen molar-refractivity contribution < 1.29 is 22.7 Å². The summed E-state index contributed by atoms with van der Waals surface area (Å²) in [6, 6.07) is 10.2. The standard InChI is InChI=1S/C15H13BrN2O5S/c16-11-1-6-14(10(7-11)8-19)23-9-15(20)18-12-2-4-13(5-3-12)24(17,21)22/h1-8H,9H2,(H,18,20)(H2,17,21,22). The molecule has 0 bridgehead atoms. The average Bonchev–Trinajstić information content (AvgIpc) is 2.53. The summed E-state index contributed by atoms with van der Waals surface area (Å²) in [6.45, 7) is -0.306. The second-order valence-corrected chi connectivity index (χ2v) is 7.18. The minimum Gasteiger partial charge on any atom is -0.483 e. The molecule has 0 aliphatic rings. The molecule has 9 heteroatoms. The Morgan fingerprint density at radius 2 is 1.88 bits per heavy atom. The van der Waals surface area contributed by atoms with Crippen molar-refractivity contribution in [2.75, 3.05) is 11.9 Å². The second-order valence-electron chi connectivity index (χ2n) is 4.71. The summed E-state index contributed by atoms with van der Waals surface area (Å²) in [5, 5.41) is 7.53. The Balaban J connectivity index is 1.98. The van der Waals surface area contributed by atoms with Crippen molar-refractivity contribution in [2.45, 2.75) is 4.90 Å². The molecule has 0 aliphatic carbocycles. The van der Waals surface area contributed by atoms with Gasteiger partial charge in [-0.3, -0.25) is 9.59 Å². The zero-order valence-corrected chi connectivity index (χ0v) is 14.6. The van der Waals surface area contributed by atoms with E-state index in [2.05, 4.69) is 21.2 Å². The van der Waals surface area contributed by atoms with E-state index < -0.39 is 15.9 Å². The molecule has 0 saturated carbocycles. The van der Waals surface area contributed by atoms with Crippen molar-refractivity contribution in [3.63, 3.8) is 0 Å². The van der Waals surface area contributed by atoms with Gasteiger partial charge >= 0.3 is 0 Å². The van der Waals surface area contributed by atoms with Crippen LogP contribution in [0.2, 0.25) is 0 Å². The van der Waals surface area contributed by atoms with Crippen LogP contribution in [0.15, 0.2) is 51.8 Å². The number of hydrogen-bond donors (Lipinski definition) is 2. The Kier molecular flexibility index (Phi) is 5.71. The number of hydrogen-bond acceptors (Lipinski definition) is 5. The first-order chi connectivity index (χ1) is 11.3. The van der Waals surface area contributed by atoms with Gasteiger partial charge in [0.2, 0.25) is 10.0 Å². The molecule has 1 amide bonds. The summed E-state index contributed by atoms with van der Waals surface area (Å²) in [5.74, 6) is -0.175. The van der Waals surface area contributed by atoms with Crippen molar-refractivity contribution in [2.24, 2.45) is 5.14 Å². The number of ether oxygens (including phenoxy) is 1. The van der Waals surface area contributed by atoms with Crippen LogP contribution in [0.4, 0.5) is 5.69 Å². The van der Waals surface area contributed by atoms with Gasteiger partial charge in [0.05, 0.1) is 10.5 Å². The number of anilines is 1. The zero-order chi connectivity index (χ0) is 17.7. The lowest BCUT2D eigenvalue weighted by Gasteiger charge is -2.09. The third-order valence-electron chi connectivity index (χ3n) is 2.92. The lowest BCUT2D eigenvalue weighted by molar-refractivity contribution is -0.118. The molecule has 2 aromatic carbocycles. The minimum atomic E-state index is -3.78. The van der Waals surface area contributed by atoms with Crippen molar-refractivity contribution in [3.8, 4) is 5.75 Å². The fourth-order valence-corrected chi connectivity index (χ4v) is 2.71. The van der Waals surface area contributed by atoms with Crippen molar-refractivity contribution in [1.82, 2.24) is 0 Å². The Morgan fingerprint density at radius 1 is 1.21 bits per heavy atom. The van der Waals surface area contributed by atoms with Crippen LogP contribution in [0.3, 0.4) is 0 Å². The second kappa shape index (κ2) is 7.56. The zero-order valence-electron chi connectivity index (χ0n) is 12.2. The van der Waals surface area contributed by atoms with E-state index in [1.165, 1.54) is 24.3 Å². The molecule has 0 fully saturated rings. The summed E-state index contributed by atoms with van der Waals surface area (Å²) in [6.07, 6.45) is 0.629. The van der Waals surface area contributed by atoms with Gasteiger partial charge < -0.3 is 10.1 Å². The highest BCUT2D eigenvalue weighted by atomic mass is 79.9. The number of nitrogens with one attached hydrogen (secondary N) is 1. The van der Waals surface area contributed by atoms with Crippen molar-refractivity contribution >= 4 is 43.8 Å². The molecule has 7 nitrogen and oxygen atoms in total. The van der Waals surface area contributed by atoms with E-state index >= 15 is 0 Å². The van der Waals surface area contributed by atoms with Crippen molar-refractivity contribution in [3.05, 3.63) is 52.5 Å². The van der Waals surface area contributed by atoms with Gasteiger partial charge in [-0.1, -0.05) is 15.9 Å². The number of amides is 1. The Morgan fingerprint density at radius 3 is 2.46 bits per heavy atom. The first-order valence-corrected chi connectivity index (χ1v) is 8.94. The average molecular weight is 413 g/mol. The molecular formula is C15H13BrN2O5S. The molecule has 0 spiro atoms. The fourth-order valence-electron chi connectivity index (χ4n) is 1.81. The number of nitrogens with two attached hydrogens (primary N) is 1. The molecule has 0 aromatic heterocycles. The van der Waals surface area contributed by atoms with Gasteiger partial charge in [-0.25, -0.2) is 13.6 Å². The van der Waals surface area contributed by atoms with E-state index in [-0.39, 0.29) is 17.3 Å². The number of primary sulfonamides is 1. The number of carbonyl (C=O) groups excluding carboxylic acids is 2. The highest BCUT2D eigenvalue weighted by molar-refractivity contribution is 9.10. The molecule has 2 aromatic rings.